The van der Waals surface area contributed by atoms with Crippen LogP contribution in [0.4, 0.5) is 0 Å². The minimum absolute atomic E-state index is 0.0201. The third-order valence-corrected chi connectivity index (χ3v) is 5.30. The van der Waals surface area contributed by atoms with Crippen LogP contribution in [-0.4, -0.2) is 9.78 Å². The van der Waals surface area contributed by atoms with Gasteiger partial charge in [-0.1, -0.05) is 11.6 Å². The maximum absolute atomic E-state index is 6.26. The van der Waals surface area contributed by atoms with E-state index in [4.69, 9.17) is 17.4 Å². The molecule has 1 unspecified atom stereocenters. The maximum atomic E-state index is 6.26. The summed E-state index contributed by atoms with van der Waals surface area (Å²) in [6.07, 6.45) is 0.700. The lowest BCUT2D eigenvalue weighted by atomic mass is 10.1. The van der Waals surface area contributed by atoms with Crippen LogP contribution in [0.15, 0.2) is 15.9 Å². The van der Waals surface area contributed by atoms with Crippen LogP contribution >= 0.6 is 38.9 Å². The Morgan fingerprint density at radius 3 is 2.83 bits per heavy atom. The lowest BCUT2D eigenvalue weighted by Gasteiger charge is -2.15. The van der Waals surface area contributed by atoms with Gasteiger partial charge in [0.05, 0.1) is 22.5 Å². The third-order valence-electron chi connectivity index (χ3n) is 2.82. The number of hydrogen-bond acceptors (Lipinski definition) is 4. The summed E-state index contributed by atoms with van der Waals surface area (Å²) in [5, 5.41) is 7.05. The fourth-order valence-electron chi connectivity index (χ4n) is 1.88. The molecule has 2 heterocycles. The van der Waals surface area contributed by atoms with Crippen molar-refractivity contribution in [2.45, 2.75) is 19.4 Å². The Morgan fingerprint density at radius 1 is 1.67 bits per heavy atom. The Balaban J connectivity index is 2.29. The van der Waals surface area contributed by atoms with Gasteiger partial charge in [-0.05, 0) is 34.3 Å². The summed E-state index contributed by atoms with van der Waals surface area (Å²) >= 11 is 11.4. The predicted molar refractivity (Wildman–Crippen MR) is 78.7 cm³/mol. The second kappa shape index (κ2) is 5.71. The molecule has 4 nitrogen and oxygen atoms in total. The Kier molecular flexibility index (Phi) is 4.45. The number of hydrazine groups is 1. The van der Waals surface area contributed by atoms with Gasteiger partial charge in [-0.3, -0.25) is 16.0 Å². The van der Waals surface area contributed by atoms with Gasteiger partial charge in [0.15, 0.2) is 0 Å². The van der Waals surface area contributed by atoms with E-state index in [2.05, 4.69) is 26.5 Å². The highest BCUT2D eigenvalue weighted by Crippen LogP contribution is 2.32. The lowest BCUT2D eigenvalue weighted by Crippen LogP contribution is -2.29. The first-order valence-corrected chi connectivity index (χ1v) is 7.46. The van der Waals surface area contributed by atoms with E-state index in [0.29, 0.717) is 11.4 Å². The highest BCUT2D eigenvalue weighted by atomic mass is 79.9. The molecule has 0 bridgehead atoms. The first-order valence-electron chi connectivity index (χ1n) is 5.41. The molecule has 0 aliphatic carbocycles. The highest BCUT2D eigenvalue weighted by Gasteiger charge is 2.20. The summed E-state index contributed by atoms with van der Waals surface area (Å²) in [5.41, 5.74) is 4.66. The topological polar surface area (TPSA) is 55.9 Å². The van der Waals surface area contributed by atoms with Crippen LogP contribution in [0.1, 0.15) is 22.3 Å². The van der Waals surface area contributed by atoms with Crippen LogP contribution in [0.2, 0.25) is 5.02 Å². The summed E-state index contributed by atoms with van der Waals surface area (Å²) in [5.74, 6) is 5.65. The molecular formula is C11H14BrClN4S. The molecule has 0 aromatic carbocycles. The van der Waals surface area contributed by atoms with E-state index in [9.17, 15) is 0 Å². The summed E-state index contributed by atoms with van der Waals surface area (Å²) in [7, 11) is 1.89. The van der Waals surface area contributed by atoms with Crippen LogP contribution in [0, 0.1) is 6.92 Å². The predicted octanol–water partition coefficient (Wildman–Crippen LogP) is 2.95. The number of aromatic nitrogens is 2. The number of aryl methyl sites for hydroxylation is 2. The van der Waals surface area contributed by atoms with Gasteiger partial charge in [0.2, 0.25) is 0 Å². The standard InChI is InChI=1S/C11H14BrClN4S/c1-6-10(13)9(17(2)16-6)5-8(15-14)11-7(12)3-4-18-11/h3-4,8,15H,5,14H2,1-2H3. The van der Waals surface area contributed by atoms with Crippen molar-refractivity contribution in [3.8, 4) is 0 Å². The zero-order valence-corrected chi connectivity index (χ0v) is 13.2. The molecule has 2 aromatic rings. The molecule has 0 fully saturated rings. The number of halogens is 2. The number of nitrogens with two attached hydrogens (primary N) is 1. The number of thiophene rings is 1. The molecule has 2 aromatic heterocycles. The van der Waals surface area contributed by atoms with Crippen LogP contribution in [0.25, 0.3) is 0 Å². The number of nitrogens with one attached hydrogen (secondary N) is 1. The summed E-state index contributed by atoms with van der Waals surface area (Å²) < 4.78 is 2.87. The fraction of sp³-hybridized carbons (Fsp3) is 0.364. The first kappa shape index (κ1) is 14.0. The van der Waals surface area contributed by atoms with E-state index in [-0.39, 0.29) is 6.04 Å². The van der Waals surface area contributed by atoms with Crippen molar-refractivity contribution in [3.05, 3.63) is 37.2 Å². The van der Waals surface area contributed by atoms with Gasteiger partial charge in [-0.15, -0.1) is 11.3 Å². The van der Waals surface area contributed by atoms with Crippen LogP contribution in [0.3, 0.4) is 0 Å². The number of hydrogen-bond donors (Lipinski definition) is 2. The summed E-state index contributed by atoms with van der Waals surface area (Å²) in [4.78, 5) is 1.16. The molecule has 3 N–H and O–H groups in total. The van der Waals surface area contributed by atoms with E-state index in [1.807, 2.05) is 30.1 Å². The second-order valence-electron chi connectivity index (χ2n) is 4.03. The van der Waals surface area contributed by atoms with Gasteiger partial charge < -0.3 is 0 Å². The Bertz CT molecular complexity index is 551. The fourth-order valence-corrected chi connectivity index (χ4v) is 3.82. The smallest absolute Gasteiger partial charge is 0.0847 e. The molecule has 7 heteroatoms. The van der Waals surface area contributed by atoms with E-state index in [1.165, 1.54) is 0 Å². The number of rotatable bonds is 4. The SMILES string of the molecule is Cc1nn(C)c(CC(NN)c2sccc2Br)c1Cl. The molecular weight excluding hydrogens is 336 g/mol. The van der Waals surface area contributed by atoms with Crippen LogP contribution in [0.5, 0.6) is 0 Å². The van der Waals surface area contributed by atoms with E-state index in [0.717, 1.165) is 20.7 Å². The Hall–Kier alpha value is -0.400. The molecule has 0 aliphatic heterocycles. The van der Waals surface area contributed by atoms with Crippen molar-refractivity contribution in [2.75, 3.05) is 0 Å². The van der Waals surface area contributed by atoms with Gasteiger partial charge in [0.25, 0.3) is 0 Å². The quantitative estimate of drug-likeness (QED) is 0.659. The summed E-state index contributed by atoms with van der Waals surface area (Å²) in [6, 6.07) is 2.03. The molecule has 0 amide bonds. The summed E-state index contributed by atoms with van der Waals surface area (Å²) in [6.45, 7) is 1.90. The average molecular weight is 350 g/mol. The van der Waals surface area contributed by atoms with Gasteiger partial charge in [-0.25, -0.2) is 0 Å². The van der Waals surface area contributed by atoms with E-state index < -0.39 is 0 Å². The maximum Gasteiger partial charge on any atom is 0.0847 e. The molecule has 18 heavy (non-hydrogen) atoms. The zero-order chi connectivity index (χ0) is 13.3. The van der Waals surface area contributed by atoms with Crippen molar-refractivity contribution in [3.63, 3.8) is 0 Å². The normalized spacial score (nSPS) is 12.9. The van der Waals surface area contributed by atoms with Crippen molar-refractivity contribution in [1.82, 2.24) is 15.2 Å². The van der Waals surface area contributed by atoms with E-state index in [1.54, 1.807) is 11.3 Å². The molecule has 0 saturated carbocycles. The molecule has 1 atom stereocenters. The van der Waals surface area contributed by atoms with Crippen molar-refractivity contribution < 1.29 is 0 Å². The lowest BCUT2D eigenvalue weighted by molar-refractivity contribution is 0.536. The molecule has 2 rings (SSSR count). The largest absolute Gasteiger partial charge is 0.271 e. The van der Waals surface area contributed by atoms with Gasteiger partial charge in [0, 0.05) is 22.8 Å². The minimum Gasteiger partial charge on any atom is -0.271 e. The molecule has 0 spiro atoms. The van der Waals surface area contributed by atoms with Crippen molar-refractivity contribution in [1.29, 1.82) is 0 Å². The average Bonchev–Trinajstić information content (AvgIpc) is 2.84. The van der Waals surface area contributed by atoms with Gasteiger partial charge >= 0.3 is 0 Å². The molecule has 0 saturated heterocycles. The second-order valence-corrected chi connectivity index (χ2v) is 6.21. The molecule has 0 aliphatic rings. The van der Waals surface area contributed by atoms with Crippen LogP contribution < -0.4 is 11.3 Å². The molecule has 0 radical (unpaired) electrons. The Labute approximate surface area is 123 Å². The molecule has 98 valence electrons. The van der Waals surface area contributed by atoms with Crippen LogP contribution in [-0.2, 0) is 13.5 Å². The van der Waals surface area contributed by atoms with E-state index >= 15 is 0 Å². The highest BCUT2D eigenvalue weighted by molar-refractivity contribution is 9.10. The minimum atomic E-state index is 0.0201. The third kappa shape index (κ3) is 2.62. The zero-order valence-electron chi connectivity index (χ0n) is 10.1. The van der Waals surface area contributed by atoms with Crippen molar-refractivity contribution >= 4 is 38.9 Å². The van der Waals surface area contributed by atoms with Gasteiger partial charge in [-0.2, -0.15) is 5.10 Å². The van der Waals surface area contributed by atoms with Gasteiger partial charge in [0.1, 0.15) is 0 Å². The monoisotopic (exact) mass is 348 g/mol. The number of nitrogens with zero attached hydrogens (tertiary/aromatic N) is 2. The first-order chi connectivity index (χ1) is 8.54. The van der Waals surface area contributed by atoms with Crippen molar-refractivity contribution in [2.24, 2.45) is 12.9 Å². The Morgan fingerprint density at radius 2 is 2.39 bits per heavy atom.